The molecule has 0 aromatic carbocycles. The summed E-state index contributed by atoms with van der Waals surface area (Å²) in [5, 5.41) is 9.00. The summed E-state index contributed by atoms with van der Waals surface area (Å²) in [5.41, 5.74) is 0. The van der Waals surface area contributed by atoms with Crippen LogP contribution < -0.4 is 0 Å². The first-order valence-electron chi connectivity index (χ1n) is 7.77. The molecule has 0 aromatic heterocycles. The summed E-state index contributed by atoms with van der Waals surface area (Å²) in [5.74, 6) is -0.327. The van der Waals surface area contributed by atoms with Gasteiger partial charge in [0.15, 0.2) is 0 Å². The molecule has 0 saturated carbocycles. The number of carboxylic acids is 1. The van der Waals surface area contributed by atoms with E-state index in [0.717, 1.165) is 38.9 Å². The Morgan fingerprint density at radius 2 is 1.86 bits per heavy atom. The van der Waals surface area contributed by atoms with Crippen molar-refractivity contribution in [2.45, 2.75) is 39.2 Å². The van der Waals surface area contributed by atoms with Crippen LogP contribution in [0.2, 0.25) is 0 Å². The number of carboxylic acid groups (broad SMARTS) is 1. The normalized spacial score (nSPS) is 17.9. The summed E-state index contributed by atoms with van der Waals surface area (Å²) < 4.78 is 0. The van der Waals surface area contributed by atoms with Gasteiger partial charge in [-0.2, -0.15) is 0 Å². The Kier molecular flexibility index (Phi) is 6.95. The first-order valence-corrected chi connectivity index (χ1v) is 7.77. The fourth-order valence-electron chi connectivity index (χ4n) is 2.78. The van der Waals surface area contributed by atoms with Crippen LogP contribution in [-0.2, 0) is 4.79 Å². The average Bonchev–Trinajstić information content (AvgIpc) is 2.43. The van der Waals surface area contributed by atoms with Crippen LogP contribution in [0, 0.1) is 5.92 Å². The fraction of sp³-hybridized carbons (Fsp3) is 0.867. The molecule has 0 spiro atoms. The molecule has 1 rings (SSSR count). The number of amides is 2. The quantitative estimate of drug-likeness (QED) is 0.808. The minimum atomic E-state index is -0.953. The van der Waals surface area contributed by atoms with Crippen molar-refractivity contribution in [1.82, 2.24) is 14.7 Å². The lowest BCUT2D eigenvalue weighted by Gasteiger charge is -2.38. The van der Waals surface area contributed by atoms with Crippen molar-refractivity contribution in [1.29, 1.82) is 0 Å². The number of aliphatic carboxylic acids is 1. The van der Waals surface area contributed by atoms with E-state index in [1.165, 1.54) is 4.90 Å². The standard InChI is InChI=1S/C15H29N3O3/c1-5-12(2)18(11-14(19)20)15(21)17-8-6-13(7-9-17)10-16(3)4/h12-13H,5-11H2,1-4H3,(H,19,20). The molecular weight excluding hydrogens is 270 g/mol. The van der Waals surface area contributed by atoms with E-state index < -0.39 is 5.97 Å². The van der Waals surface area contributed by atoms with Crippen LogP contribution in [0.15, 0.2) is 0 Å². The minimum absolute atomic E-state index is 0.0481. The number of carbonyl (C=O) groups is 2. The second-order valence-corrected chi connectivity index (χ2v) is 6.25. The molecule has 21 heavy (non-hydrogen) atoms. The third-order valence-electron chi connectivity index (χ3n) is 4.18. The predicted molar refractivity (Wildman–Crippen MR) is 82.3 cm³/mol. The van der Waals surface area contributed by atoms with E-state index in [2.05, 4.69) is 19.0 Å². The fourth-order valence-corrected chi connectivity index (χ4v) is 2.78. The van der Waals surface area contributed by atoms with Crippen LogP contribution in [0.3, 0.4) is 0 Å². The summed E-state index contributed by atoms with van der Waals surface area (Å²) in [6.07, 6.45) is 2.74. The Bertz CT molecular complexity index is 352. The zero-order valence-electron chi connectivity index (χ0n) is 13.7. The van der Waals surface area contributed by atoms with Crippen molar-refractivity contribution >= 4 is 12.0 Å². The van der Waals surface area contributed by atoms with Gasteiger partial charge in [-0.05, 0) is 46.2 Å². The van der Waals surface area contributed by atoms with Crippen LogP contribution in [0.4, 0.5) is 4.79 Å². The smallest absolute Gasteiger partial charge is 0.323 e. The van der Waals surface area contributed by atoms with E-state index >= 15 is 0 Å². The third-order valence-corrected chi connectivity index (χ3v) is 4.18. The monoisotopic (exact) mass is 299 g/mol. The SMILES string of the molecule is CCC(C)N(CC(=O)O)C(=O)N1CCC(CN(C)C)CC1. The van der Waals surface area contributed by atoms with Crippen LogP contribution in [0.1, 0.15) is 33.1 Å². The van der Waals surface area contributed by atoms with Gasteiger partial charge in [0.05, 0.1) is 0 Å². The van der Waals surface area contributed by atoms with Crippen molar-refractivity contribution in [3.63, 3.8) is 0 Å². The lowest BCUT2D eigenvalue weighted by atomic mass is 9.96. The van der Waals surface area contributed by atoms with Crippen LogP contribution >= 0.6 is 0 Å². The van der Waals surface area contributed by atoms with E-state index in [9.17, 15) is 9.59 Å². The Balaban J connectivity index is 2.58. The molecule has 122 valence electrons. The van der Waals surface area contributed by atoms with E-state index in [1.807, 2.05) is 13.8 Å². The maximum atomic E-state index is 12.5. The maximum absolute atomic E-state index is 12.5. The maximum Gasteiger partial charge on any atom is 0.323 e. The number of hydrogen-bond donors (Lipinski definition) is 1. The zero-order chi connectivity index (χ0) is 16.0. The van der Waals surface area contributed by atoms with Crippen molar-refractivity contribution in [2.75, 3.05) is 40.3 Å². The summed E-state index contributed by atoms with van der Waals surface area (Å²) in [6, 6.07) is -0.178. The second-order valence-electron chi connectivity index (χ2n) is 6.25. The first kappa shape index (κ1) is 17.8. The molecule has 1 saturated heterocycles. The molecule has 6 heteroatoms. The average molecular weight is 299 g/mol. The molecule has 1 N–H and O–H groups in total. The number of urea groups is 1. The Morgan fingerprint density at radius 3 is 2.29 bits per heavy atom. The van der Waals surface area contributed by atoms with E-state index in [1.54, 1.807) is 4.90 Å². The molecule has 6 nitrogen and oxygen atoms in total. The first-order chi connectivity index (χ1) is 9.85. The number of hydrogen-bond acceptors (Lipinski definition) is 3. The molecular formula is C15H29N3O3. The van der Waals surface area contributed by atoms with E-state index in [4.69, 9.17) is 5.11 Å². The highest BCUT2D eigenvalue weighted by molar-refractivity contribution is 5.80. The van der Waals surface area contributed by atoms with Gasteiger partial charge in [-0.25, -0.2) is 4.79 Å². The molecule has 1 aliphatic heterocycles. The number of likely N-dealkylation sites (tertiary alicyclic amines) is 1. The largest absolute Gasteiger partial charge is 0.480 e. The molecule has 0 aromatic rings. The predicted octanol–water partition coefficient (Wildman–Crippen LogP) is 1.57. The highest BCUT2D eigenvalue weighted by Gasteiger charge is 2.29. The van der Waals surface area contributed by atoms with Crippen LogP contribution in [-0.4, -0.2) is 78.1 Å². The van der Waals surface area contributed by atoms with Gasteiger partial charge in [0, 0.05) is 25.7 Å². The van der Waals surface area contributed by atoms with Gasteiger partial charge in [0.1, 0.15) is 6.54 Å². The summed E-state index contributed by atoms with van der Waals surface area (Å²) >= 11 is 0. The van der Waals surface area contributed by atoms with Crippen LogP contribution in [0.5, 0.6) is 0 Å². The molecule has 1 atom stereocenters. The highest BCUT2D eigenvalue weighted by Crippen LogP contribution is 2.20. The van der Waals surface area contributed by atoms with Crippen molar-refractivity contribution in [3.8, 4) is 0 Å². The van der Waals surface area contributed by atoms with Gasteiger partial charge in [-0.15, -0.1) is 0 Å². The van der Waals surface area contributed by atoms with Gasteiger partial charge in [0.25, 0.3) is 0 Å². The van der Waals surface area contributed by atoms with Crippen LogP contribution in [0.25, 0.3) is 0 Å². The van der Waals surface area contributed by atoms with Gasteiger partial charge in [0.2, 0.25) is 0 Å². The van der Waals surface area contributed by atoms with Gasteiger partial charge < -0.3 is 19.8 Å². The van der Waals surface area contributed by atoms with E-state index in [0.29, 0.717) is 5.92 Å². The molecule has 2 amide bonds. The zero-order valence-corrected chi connectivity index (χ0v) is 13.7. The summed E-state index contributed by atoms with van der Waals surface area (Å²) in [6.45, 7) is 6.15. The van der Waals surface area contributed by atoms with Crippen molar-refractivity contribution in [2.24, 2.45) is 5.92 Å². The van der Waals surface area contributed by atoms with Gasteiger partial charge in [-0.1, -0.05) is 6.92 Å². The topological polar surface area (TPSA) is 64.1 Å². The molecule has 1 heterocycles. The Labute approximate surface area is 127 Å². The Morgan fingerprint density at radius 1 is 1.29 bits per heavy atom. The molecule has 0 aliphatic carbocycles. The third kappa shape index (κ3) is 5.53. The number of piperidine rings is 1. The summed E-state index contributed by atoms with van der Waals surface area (Å²) in [7, 11) is 4.13. The number of nitrogens with zero attached hydrogens (tertiary/aromatic N) is 3. The van der Waals surface area contributed by atoms with E-state index in [-0.39, 0.29) is 18.6 Å². The van der Waals surface area contributed by atoms with Crippen molar-refractivity contribution < 1.29 is 14.7 Å². The van der Waals surface area contributed by atoms with Gasteiger partial charge in [-0.3, -0.25) is 4.79 Å². The molecule has 1 unspecified atom stereocenters. The van der Waals surface area contributed by atoms with Crippen molar-refractivity contribution in [3.05, 3.63) is 0 Å². The lowest BCUT2D eigenvalue weighted by molar-refractivity contribution is -0.138. The minimum Gasteiger partial charge on any atom is -0.480 e. The molecule has 0 radical (unpaired) electrons. The lowest BCUT2D eigenvalue weighted by Crippen LogP contribution is -2.51. The number of carbonyl (C=O) groups excluding carboxylic acids is 1. The Hall–Kier alpha value is -1.30. The van der Waals surface area contributed by atoms with Gasteiger partial charge >= 0.3 is 12.0 Å². The molecule has 1 aliphatic rings. The highest BCUT2D eigenvalue weighted by atomic mass is 16.4. The summed E-state index contributed by atoms with van der Waals surface area (Å²) in [4.78, 5) is 29.0. The molecule has 1 fully saturated rings. The number of rotatable bonds is 6. The second kappa shape index (κ2) is 8.22. The molecule has 0 bridgehead atoms.